The fraction of sp³-hybridized carbons (Fsp3) is 0.526. The second-order valence-corrected chi connectivity index (χ2v) is 6.48. The zero-order valence-electron chi connectivity index (χ0n) is 15.4. The number of hydrogen-bond acceptors (Lipinski definition) is 6. The molecule has 0 saturated heterocycles. The van der Waals surface area contributed by atoms with Crippen molar-refractivity contribution in [2.45, 2.75) is 39.3 Å². The Morgan fingerprint density at radius 1 is 1.27 bits per heavy atom. The van der Waals surface area contributed by atoms with Crippen molar-refractivity contribution in [2.24, 2.45) is 0 Å². The van der Waals surface area contributed by atoms with Gasteiger partial charge < -0.3 is 19.7 Å². The molecule has 26 heavy (non-hydrogen) atoms. The van der Waals surface area contributed by atoms with Crippen molar-refractivity contribution in [3.8, 4) is 5.75 Å². The van der Waals surface area contributed by atoms with Gasteiger partial charge in [-0.2, -0.15) is 5.10 Å². The van der Waals surface area contributed by atoms with Gasteiger partial charge in [-0.15, -0.1) is 0 Å². The van der Waals surface area contributed by atoms with Crippen molar-refractivity contribution in [3.05, 3.63) is 46.8 Å². The highest BCUT2D eigenvalue weighted by atomic mass is 16.5. The minimum Gasteiger partial charge on any atom is -0.496 e. The van der Waals surface area contributed by atoms with Crippen LogP contribution in [-0.4, -0.2) is 51.8 Å². The average Bonchev–Trinajstić information content (AvgIpc) is 3.09. The van der Waals surface area contributed by atoms with Gasteiger partial charge in [-0.1, -0.05) is 6.07 Å². The first-order chi connectivity index (χ1) is 12.6. The van der Waals surface area contributed by atoms with E-state index < -0.39 is 6.10 Å². The SMILES string of the molecule is CCOCc1cc(CN2CCn3nc(C(O)CO)cc3C2)ccc1OC. The molecule has 1 atom stereocenters. The third-order valence-electron chi connectivity index (χ3n) is 4.62. The van der Waals surface area contributed by atoms with Gasteiger partial charge in [0.2, 0.25) is 0 Å². The number of nitrogens with zero attached hydrogens (tertiary/aromatic N) is 3. The van der Waals surface area contributed by atoms with Gasteiger partial charge in [0.1, 0.15) is 11.9 Å². The quantitative estimate of drug-likeness (QED) is 0.741. The van der Waals surface area contributed by atoms with E-state index in [1.54, 1.807) is 7.11 Å². The zero-order valence-corrected chi connectivity index (χ0v) is 15.4. The lowest BCUT2D eigenvalue weighted by Crippen LogP contribution is -2.33. The minimum atomic E-state index is -0.913. The summed E-state index contributed by atoms with van der Waals surface area (Å²) < 4.78 is 12.9. The Morgan fingerprint density at radius 2 is 2.12 bits per heavy atom. The van der Waals surface area contributed by atoms with Gasteiger partial charge in [0.25, 0.3) is 0 Å². The van der Waals surface area contributed by atoms with Crippen molar-refractivity contribution in [1.82, 2.24) is 14.7 Å². The number of aliphatic hydroxyl groups is 2. The summed E-state index contributed by atoms with van der Waals surface area (Å²) in [6, 6.07) is 8.09. The maximum atomic E-state index is 9.77. The van der Waals surface area contributed by atoms with Crippen LogP contribution in [0.1, 0.15) is 35.5 Å². The lowest BCUT2D eigenvalue weighted by Gasteiger charge is -2.27. The molecule has 3 rings (SSSR count). The molecule has 0 spiro atoms. The largest absolute Gasteiger partial charge is 0.496 e. The highest BCUT2D eigenvalue weighted by molar-refractivity contribution is 5.37. The van der Waals surface area contributed by atoms with E-state index in [2.05, 4.69) is 22.1 Å². The molecular formula is C19H27N3O4. The maximum absolute atomic E-state index is 9.77. The molecule has 0 saturated carbocycles. The number of benzene rings is 1. The molecule has 1 unspecified atom stereocenters. The Hall–Kier alpha value is -1.93. The molecule has 2 heterocycles. The third kappa shape index (κ3) is 4.24. The van der Waals surface area contributed by atoms with Crippen LogP contribution in [0.15, 0.2) is 24.3 Å². The van der Waals surface area contributed by atoms with E-state index in [9.17, 15) is 5.11 Å². The molecule has 2 aromatic rings. The van der Waals surface area contributed by atoms with Crippen molar-refractivity contribution in [3.63, 3.8) is 0 Å². The van der Waals surface area contributed by atoms with Crippen LogP contribution in [0.4, 0.5) is 0 Å². The Labute approximate surface area is 153 Å². The van der Waals surface area contributed by atoms with Gasteiger partial charge >= 0.3 is 0 Å². The van der Waals surface area contributed by atoms with Gasteiger partial charge in [0.05, 0.1) is 38.3 Å². The fourth-order valence-corrected chi connectivity index (χ4v) is 3.25. The molecule has 7 nitrogen and oxygen atoms in total. The zero-order chi connectivity index (χ0) is 18.5. The fourth-order valence-electron chi connectivity index (χ4n) is 3.25. The predicted molar refractivity (Wildman–Crippen MR) is 96.7 cm³/mol. The number of aliphatic hydroxyl groups excluding tert-OH is 2. The summed E-state index contributed by atoms with van der Waals surface area (Å²) >= 11 is 0. The normalized spacial score (nSPS) is 15.7. The lowest BCUT2D eigenvalue weighted by molar-refractivity contribution is 0.0915. The highest BCUT2D eigenvalue weighted by Crippen LogP contribution is 2.24. The maximum Gasteiger partial charge on any atom is 0.124 e. The van der Waals surface area contributed by atoms with Crippen LogP contribution in [0.3, 0.4) is 0 Å². The Morgan fingerprint density at radius 3 is 2.85 bits per heavy atom. The van der Waals surface area contributed by atoms with Crippen molar-refractivity contribution in [2.75, 3.05) is 26.9 Å². The van der Waals surface area contributed by atoms with Crippen molar-refractivity contribution >= 4 is 0 Å². The number of aromatic nitrogens is 2. The van der Waals surface area contributed by atoms with Crippen LogP contribution >= 0.6 is 0 Å². The van der Waals surface area contributed by atoms with Crippen LogP contribution < -0.4 is 4.74 Å². The first-order valence-electron chi connectivity index (χ1n) is 8.96. The van der Waals surface area contributed by atoms with Crippen LogP contribution in [0.25, 0.3) is 0 Å². The molecule has 1 aliphatic rings. The van der Waals surface area contributed by atoms with E-state index in [0.717, 1.165) is 43.2 Å². The summed E-state index contributed by atoms with van der Waals surface area (Å²) in [6.45, 7) is 6.13. The molecule has 1 aromatic carbocycles. The van der Waals surface area contributed by atoms with Crippen LogP contribution in [-0.2, 0) is 31.0 Å². The van der Waals surface area contributed by atoms with Gasteiger partial charge in [0, 0.05) is 31.8 Å². The van der Waals surface area contributed by atoms with E-state index >= 15 is 0 Å². The number of fused-ring (bicyclic) bond motifs is 1. The van der Waals surface area contributed by atoms with E-state index in [4.69, 9.17) is 14.6 Å². The molecule has 0 amide bonds. The lowest BCUT2D eigenvalue weighted by atomic mass is 10.1. The molecule has 2 N–H and O–H groups in total. The van der Waals surface area contributed by atoms with Gasteiger partial charge in [-0.05, 0) is 30.7 Å². The molecule has 0 radical (unpaired) electrons. The van der Waals surface area contributed by atoms with Crippen LogP contribution in [0.2, 0.25) is 0 Å². The molecule has 0 aliphatic carbocycles. The van der Waals surface area contributed by atoms with Crippen molar-refractivity contribution < 1.29 is 19.7 Å². The average molecular weight is 361 g/mol. The molecular weight excluding hydrogens is 334 g/mol. The summed E-state index contributed by atoms with van der Waals surface area (Å²) in [4.78, 5) is 2.35. The van der Waals surface area contributed by atoms with E-state index in [1.165, 1.54) is 5.56 Å². The molecule has 1 aliphatic heterocycles. The Balaban J connectivity index is 1.69. The smallest absolute Gasteiger partial charge is 0.124 e. The summed E-state index contributed by atoms with van der Waals surface area (Å²) in [7, 11) is 1.68. The van der Waals surface area contributed by atoms with Crippen LogP contribution in [0, 0.1) is 0 Å². The second kappa shape index (κ2) is 8.64. The number of ether oxygens (including phenoxy) is 2. The number of methoxy groups -OCH3 is 1. The molecule has 7 heteroatoms. The van der Waals surface area contributed by atoms with E-state index in [-0.39, 0.29) is 6.61 Å². The number of rotatable bonds is 8. The highest BCUT2D eigenvalue weighted by Gasteiger charge is 2.21. The Bertz CT molecular complexity index is 732. The van der Waals surface area contributed by atoms with E-state index in [1.807, 2.05) is 23.7 Å². The monoisotopic (exact) mass is 361 g/mol. The van der Waals surface area contributed by atoms with Gasteiger partial charge in [0.15, 0.2) is 0 Å². The van der Waals surface area contributed by atoms with Gasteiger partial charge in [-0.3, -0.25) is 9.58 Å². The van der Waals surface area contributed by atoms with Crippen molar-refractivity contribution in [1.29, 1.82) is 0 Å². The molecule has 142 valence electrons. The molecule has 0 fully saturated rings. The summed E-state index contributed by atoms with van der Waals surface area (Å²) in [5, 5.41) is 23.2. The Kier molecular flexibility index (Phi) is 6.26. The third-order valence-corrected chi connectivity index (χ3v) is 4.62. The minimum absolute atomic E-state index is 0.311. The standard InChI is InChI=1S/C19H27N3O4/c1-3-26-13-15-8-14(4-5-19(15)25-2)10-21-6-7-22-16(11-21)9-17(20-22)18(24)12-23/h4-5,8-9,18,23-24H,3,6-7,10-13H2,1-2H3. The first kappa shape index (κ1) is 18.8. The predicted octanol–water partition coefficient (Wildman–Crippen LogP) is 1.47. The first-order valence-corrected chi connectivity index (χ1v) is 8.96. The van der Waals surface area contributed by atoms with Gasteiger partial charge in [-0.25, -0.2) is 0 Å². The summed E-state index contributed by atoms with van der Waals surface area (Å²) in [6.07, 6.45) is -0.913. The summed E-state index contributed by atoms with van der Waals surface area (Å²) in [5.74, 6) is 0.849. The van der Waals surface area contributed by atoms with Crippen LogP contribution in [0.5, 0.6) is 5.75 Å². The topological polar surface area (TPSA) is 80.0 Å². The summed E-state index contributed by atoms with van der Waals surface area (Å²) in [5.41, 5.74) is 3.86. The van der Waals surface area contributed by atoms with E-state index in [0.29, 0.717) is 18.9 Å². The molecule has 1 aromatic heterocycles. The number of hydrogen-bond donors (Lipinski definition) is 2. The second-order valence-electron chi connectivity index (χ2n) is 6.48. The molecule has 0 bridgehead atoms.